The van der Waals surface area contributed by atoms with Crippen LogP contribution in [0.15, 0.2) is 65.8 Å². The molecule has 0 saturated carbocycles. The zero-order valence-corrected chi connectivity index (χ0v) is 17.2. The van der Waals surface area contributed by atoms with E-state index in [-0.39, 0.29) is 11.7 Å². The Balaban J connectivity index is 1.53. The molecule has 1 N–H and O–H groups in total. The highest BCUT2D eigenvalue weighted by Crippen LogP contribution is 2.29. The molecular weight excluding hydrogens is 402 g/mol. The van der Waals surface area contributed by atoms with Crippen LogP contribution in [-0.2, 0) is 4.79 Å². The topological polar surface area (TPSA) is 90.6 Å². The molecular formula is C21H19N5O3S. The van der Waals surface area contributed by atoms with Crippen molar-refractivity contribution in [1.29, 1.82) is 0 Å². The van der Waals surface area contributed by atoms with Gasteiger partial charge in [-0.3, -0.25) is 4.79 Å². The number of nitrogens with zero attached hydrogens (tertiary/aromatic N) is 4. The van der Waals surface area contributed by atoms with Gasteiger partial charge in [-0.15, -0.1) is 10.2 Å². The monoisotopic (exact) mass is 421 g/mol. The minimum Gasteiger partial charge on any atom is -0.496 e. The van der Waals surface area contributed by atoms with Gasteiger partial charge in [0.2, 0.25) is 11.1 Å². The van der Waals surface area contributed by atoms with Gasteiger partial charge in [-0.1, -0.05) is 36.0 Å². The van der Waals surface area contributed by atoms with Gasteiger partial charge < -0.3 is 14.8 Å². The van der Waals surface area contributed by atoms with Crippen molar-refractivity contribution in [2.24, 2.45) is 0 Å². The first-order chi connectivity index (χ1) is 14.7. The zero-order valence-electron chi connectivity index (χ0n) is 16.4. The molecule has 0 aliphatic carbocycles. The van der Waals surface area contributed by atoms with Gasteiger partial charge >= 0.3 is 0 Å². The van der Waals surface area contributed by atoms with Crippen LogP contribution in [0, 0.1) is 0 Å². The predicted molar refractivity (Wildman–Crippen MR) is 115 cm³/mol. The number of amides is 1. The zero-order chi connectivity index (χ0) is 20.9. The van der Waals surface area contributed by atoms with Crippen LogP contribution in [-0.4, -0.2) is 45.7 Å². The number of para-hydroxylation sites is 3. The van der Waals surface area contributed by atoms with E-state index >= 15 is 0 Å². The number of methoxy groups -OCH3 is 2. The number of fused-ring (bicyclic) bond motifs is 1. The van der Waals surface area contributed by atoms with Gasteiger partial charge in [0.05, 0.1) is 31.4 Å². The maximum atomic E-state index is 12.4. The van der Waals surface area contributed by atoms with Gasteiger partial charge in [-0.25, -0.2) is 0 Å². The summed E-state index contributed by atoms with van der Waals surface area (Å²) in [6.45, 7) is 0. The second-order valence-electron chi connectivity index (χ2n) is 6.21. The van der Waals surface area contributed by atoms with Crippen LogP contribution < -0.4 is 14.8 Å². The normalized spacial score (nSPS) is 10.7. The molecule has 4 aromatic rings. The molecule has 8 nitrogen and oxygen atoms in total. The molecule has 0 spiro atoms. The molecule has 2 aromatic heterocycles. The summed E-state index contributed by atoms with van der Waals surface area (Å²) in [5.41, 5.74) is 2.80. The molecule has 9 heteroatoms. The van der Waals surface area contributed by atoms with E-state index in [1.165, 1.54) is 11.8 Å². The van der Waals surface area contributed by atoms with E-state index in [4.69, 9.17) is 9.47 Å². The number of thioether (sulfide) groups is 1. The lowest BCUT2D eigenvalue weighted by atomic mass is 10.1. The first-order valence-corrected chi connectivity index (χ1v) is 10.1. The van der Waals surface area contributed by atoms with E-state index in [0.717, 1.165) is 17.0 Å². The van der Waals surface area contributed by atoms with E-state index < -0.39 is 0 Å². The number of benzene rings is 2. The van der Waals surface area contributed by atoms with Crippen LogP contribution in [0.4, 0.5) is 5.69 Å². The van der Waals surface area contributed by atoms with Crippen LogP contribution in [0.3, 0.4) is 0 Å². The van der Waals surface area contributed by atoms with Crippen molar-refractivity contribution in [2.45, 2.75) is 5.16 Å². The number of nitrogens with one attached hydrogen (secondary N) is 1. The van der Waals surface area contributed by atoms with Crippen molar-refractivity contribution in [1.82, 2.24) is 19.8 Å². The summed E-state index contributed by atoms with van der Waals surface area (Å²) >= 11 is 1.25. The van der Waals surface area contributed by atoms with Crippen molar-refractivity contribution in [2.75, 3.05) is 25.3 Å². The lowest BCUT2D eigenvalue weighted by molar-refractivity contribution is -0.113. The van der Waals surface area contributed by atoms with Crippen LogP contribution in [0.1, 0.15) is 0 Å². The van der Waals surface area contributed by atoms with Crippen LogP contribution in [0.25, 0.3) is 16.9 Å². The summed E-state index contributed by atoms with van der Waals surface area (Å²) in [6, 6.07) is 18.6. The summed E-state index contributed by atoms with van der Waals surface area (Å²) < 4.78 is 12.3. The molecule has 0 unspecified atom stereocenters. The Labute approximate surface area is 177 Å². The number of aromatic nitrogens is 4. The summed E-state index contributed by atoms with van der Waals surface area (Å²) in [7, 11) is 3.19. The number of anilines is 1. The first kappa shape index (κ1) is 19.7. The third-order valence-corrected chi connectivity index (χ3v) is 5.25. The van der Waals surface area contributed by atoms with Crippen molar-refractivity contribution >= 4 is 29.0 Å². The third-order valence-electron chi connectivity index (χ3n) is 4.33. The average Bonchev–Trinajstić information content (AvgIpc) is 3.20. The summed E-state index contributed by atoms with van der Waals surface area (Å²) in [6.07, 6.45) is 0. The molecule has 30 heavy (non-hydrogen) atoms. The Morgan fingerprint density at radius 3 is 2.50 bits per heavy atom. The minimum absolute atomic E-state index is 0.152. The summed E-state index contributed by atoms with van der Waals surface area (Å²) in [5.74, 6) is 1.30. The molecule has 0 saturated heterocycles. The Kier molecular flexibility index (Phi) is 5.80. The fourth-order valence-corrected chi connectivity index (χ4v) is 3.61. The quantitative estimate of drug-likeness (QED) is 0.457. The van der Waals surface area contributed by atoms with Crippen molar-refractivity contribution < 1.29 is 14.3 Å². The molecule has 0 fully saturated rings. The maximum Gasteiger partial charge on any atom is 0.234 e. The van der Waals surface area contributed by atoms with Gasteiger partial charge in [-0.2, -0.15) is 9.61 Å². The summed E-state index contributed by atoms with van der Waals surface area (Å²) in [4.78, 5) is 12.4. The third kappa shape index (κ3) is 4.06. The number of carbonyl (C=O) groups excluding carboxylic acids is 1. The SMILES string of the molecule is COc1ccccc1NC(=O)CSc1nnc2ccc(-c3ccccc3OC)nn12. The fraction of sp³-hybridized carbons (Fsp3) is 0.143. The molecule has 2 aromatic carbocycles. The van der Waals surface area contributed by atoms with Gasteiger partial charge in [0, 0.05) is 5.56 Å². The molecule has 2 heterocycles. The van der Waals surface area contributed by atoms with Crippen molar-refractivity contribution in [3.63, 3.8) is 0 Å². The molecule has 0 aliphatic rings. The smallest absolute Gasteiger partial charge is 0.234 e. The Bertz CT molecular complexity index is 1190. The van der Waals surface area contributed by atoms with Gasteiger partial charge in [0.25, 0.3) is 0 Å². The highest BCUT2D eigenvalue weighted by molar-refractivity contribution is 7.99. The van der Waals surface area contributed by atoms with E-state index in [1.54, 1.807) is 30.9 Å². The predicted octanol–water partition coefficient (Wildman–Crippen LogP) is 3.54. The standard InChI is InChI=1S/C21H19N5O3S/c1-28-17-9-5-3-7-14(17)15-11-12-19-23-24-21(26(19)25-15)30-13-20(27)22-16-8-4-6-10-18(16)29-2/h3-12H,13H2,1-2H3,(H,22,27). The molecule has 0 aliphatic heterocycles. The number of hydrogen-bond acceptors (Lipinski definition) is 7. The maximum absolute atomic E-state index is 12.4. The van der Waals surface area contributed by atoms with Gasteiger partial charge in [0.1, 0.15) is 11.5 Å². The largest absolute Gasteiger partial charge is 0.496 e. The number of rotatable bonds is 7. The molecule has 1 amide bonds. The highest BCUT2D eigenvalue weighted by Gasteiger charge is 2.14. The molecule has 0 bridgehead atoms. The van der Waals surface area contributed by atoms with E-state index in [9.17, 15) is 4.79 Å². The van der Waals surface area contributed by atoms with E-state index in [1.807, 2.05) is 48.5 Å². The van der Waals surface area contributed by atoms with Gasteiger partial charge in [-0.05, 0) is 36.4 Å². The second-order valence-corrected chi connectivity index (χ2v) is 7.15. The highest BCUT2D eigenvalue weighted by atomic mass is 32.2. The number of hydrogen-bond donors (Lipinski definition) is 1. The number of ether oxygens (including phenoxy) is 2. The van der Waals surface area contributed by atoms with Crippen LogP contribution in [0.5, 0.6) is 11.5 Å². The lowest BCUT2D eigenvalue weighted by Crippen LogP contribution is -2.15. The fourth-order valence-electron chi connectivity index (χ4n) is 2.92. The van der Waals surface area contributed by atoms with E-state index in [2.05, 4.69) is 20.6 Å². The molecule has 0 radical (unpaired) electrons. The Morgan fingerprint density at radius 2 is 1.70 bits per heavy atom. The van der Waals surface area contributed by atoms with E-state index in [0.29, 0.717) is 22.2 Å². The molecule has 0 atom stereocenters. The average molecular weight is 421 g/mol. The molecule has 152 valence electrons. The number of carbonyl (C=O) groups is 1. The van der Waals surface area contributed by atoms with Crippen molar-refractivity contribution in [3.8, 4) is 22.8 Å². The Hall–Kier alpha value is -3.59. The lowest BCUT2D eigenvalue weighted by Gasteiger charge is -2.09. The second kappa shape index (κ2) is 8.83. The first-order valence-electron chi connectivity index (χ1n) is 9.11. The van der Waals surface area contributed by atoms with Gasteiger partial charge in [0.15, 0.2) is 5.65 Å². The summed E-state index contributed by atoms with van der Waals surface area (Å²) in [5, 5.41) is 16.3. The van der Waals surface area contributed by atoms with Crippen LogP contribution >= 0.6 is 11.8 Å². The molecule has 4 rings (SSSR count). The Morgan fingerprint density at radius 1 is 0.967 bits per heavy atom. The van der Waals surface area contributed by atoms with Crippen molar-refractivity contribution in [3.05, 3.63) is 60.7 Å². The minimum atomic E-state index is -0.179. The van der Waals surface area contributed by atoms with Crippen LogP contribution in [0.2, 0.25) is 0 Å².